The molecule has 6 rings (SSSR count). The number of aromatic nitrogens is 2. The highest BCUT2D eigenvalue weighted by Crippen LogP contribution is 2.44. The molecule has 2 aromatic heterocycles. The lowest BCUT2D eigenvalue weighted by atomic mass is 9.82. The summed E-state index contributed by atoms with van der Waals surface area (Å²) < 4.78 is 15.4. The fourth-order valence-corrected chi connectivity index (χ4v) is 5.52. The minimum Gasteiger partial charge on any atom is -0.340 e. The normalized spacial score (nSPS) is 17.2. The van der Waals surface area contributed by atoms with Crippen LogP contribution in [0.25, 0.3) is 16.8 Å². The number of nitrogens with zero attached hydrogens (tertiary/aromatic N) is 2. The third-order valence-electron chi connectivity index (χ3n) is 7.68. The Hall–Kier alpha value is -3.71. The molecule has 1 saturated carbocycles. The Bertz CT molecular complexity index is 1560. The molecule has 1 aliphatic carbocycles. The molecule has 4 aromatic rings. The molecule has 2 fully saturated rings. The molecule has 2 N–H and O–H groups in total. The molecule has 0 bridgehead atoms. The van der Waals surface area contributed by atoms with Crippen molar-refractivity contribution in [2.45, 2.75) is 38.1 Å². The molecule has 184 valence electrons. The number of carbonyl (C=O) groups is 1. The zero-order chi connectivity index (χ0) is 25.2. The highest BCUT2D eigenvalue weighted by Gasteiger charge is 2.45. The average molecular weight is 485 g/mol. The van der Waals surface area contributed by atoms with Gasteiger partial charge in [-0.3, -0.25) is 9.59 Å². The van der Waals surface area contributed by atoms with Crippen molar-refractivity contribution in [1.29, 1.82) is 0 Å². The number of hydrogen-bond acceptors (Lipinski definition) is 3. The largest absolute Gasteiger partial charge is 0.340 e. The number of benzene rings is 2. The summed E-state index contributed by atoms with van der Waals surface area (Å²) >= 11 is 0. The molecular weight excluding hydrogens is 455 g/mol. The molecule has 1 amide bonds. The lowest BCUT2D eigenvalue weighted by Gasteiger charge is -2.49. The van der Waals surface area contributed by atoms with E-state index in [1.54, 1.807) is 18.3 Å². The van der Waals surface area contributed by atoms with Crippen molar-refractivity contribution >= 4 is 11.4 Å². The lowest BCUT2D eigenvalue weighted by molar-refractivity contribution is 0.0511. The first-order valence-corrected chi connectivity index (χ1v) is 12.4. The van der Waals surface area contributed by atoms with Gasteiger partial charge < -0.3 is 19.6 Å². The van der Waals surface area contributed by atoms with E-state index in [0.29, 0.717) is 29.9 Å². The summed E-state index contributed by atoms with van der Waals surface area (Å²) in [6.07, 6.45) is 5.61. The number of rotatable bonds is 5. The quantitative estimate of drug-likeness (QED) is 0.438. The molecule has 0 unspecified atom stereocenters. The summed E-state index contributed by atoms with van der Waals surface area (Å²) in [7, 11) is 1.99. The van der Waals surface area contributed by atoms with E-state index in [4.69, 9.17) is 0 Å². The van der Waals surface area contributed by atoms with E-state index in [1.807, 2.05) is 36.7 Å². The van der Waals surface area contributed by atoms with Gasteiger partial charge in [-0.15, -0.1) is 0 Å². The number of aromatic amines is 1. The van der Waals surface area contributed by atoms with Gasteiger partial charge in [0, 0.05) is 25.5 Å². The number of amides is 1. The van der Waals surface area contributed by atoms with Crippen LogP contribution in [-0.2, 0) is 5.54 Å². The second kappa shape index (κ2) is 8.17. The van der Waals surface area contributed by atoms with Crippen molar-refractivity contribution in [3.8, 4) is 11.3 Å². The predicted molar refractivity (Wildman–Crippen MR) is 138 cm³/mol. The Morgan fingerprint density at radius 1 is 1.06 bits per heavy atom. The van der Waals surface area contributed by atoms with Crippen LogP contribution in [0.15, 0.2) is 59.7 Å². The van der Waals surface area contributed by atoms with Crippen LogP contribution in [0.4, 0.5) is 4.39 Å². The number of fused-ring (bicyclic) bond motifs is 1. The van der Waals surface area contributed by atoms with Gasteiger partial charge in [0.25, 0.3) is 11.5 Å². The monoisotopic (exact) mass is 484 g/mol. The fourth-order valence-electron chi connectivity index (χ4n) is 5.52. The number of likely N-dealkylation sites (tertiary alicyclic amines) is 1. The van der Waals surface area contributed by atoms with Crippen LogP contribution in [0.3, 0.4) is 0 Å². The molecular formula is C29H29FN4O2. The van der Waals surface area contributed by atoms with Crippen LogP contribution in [-0.4, -0.2) is 40.3 Å². The number of hydrogen-bond donors (Lipinski definition) is 2. The summed E-state index contributed by atoms with van der Waals surface area (Å²) in [5.74, 6) is -0.304. The van der Waals surface area contributed by atoms with E-state index >= 15 is 0 Å². The summed E-state index contributed by atoms with van der Waals surface area (Å²) in [6, 6.07) is 12.4. The molecule has 0 spiro atoms. The standard InChI is InChI=1S/C29H29FN4O2/c1-17-4-5-20(12-18(17)2)24-14-34-13-23(25(19-6-7-19)26(34)28(36)31-24)27(35)32-29(15-33(3)16-29)21-8-10-22(30)11-9-21/h4-5,8-14,19H,6-7,15-16H2,1-3H3,(H,31,36)(H,32,35). The lowest BCUT2D eigenvalue weighted by Crippen LogP contribution is -2.66. The highest BCUT2D eigenvalue weighted by molar-refractivity contribution is 5.99. The molecule has 1 saturated heterocycles. The van der Waals surface area contributed by atoms with Crippen LogP contribution in [0.5, 0.6) is 0 Å². The van der Waals surface area contributed by atoms with E-state index in [0.717, 1.165) is 35.1 Å². The van der Waals surface area contributed by atoms with Crippen LogP contribution in [0.1, 0.15) is 51.4 Å². The van der Waals surface area contributed by atoms with Gasteiger partial charge in [0.05, 0.1) is 16.8 Å². The third-order valence-corrected chi connectivity index (χ3v) is 7.68. The number of H-pyrrole nitrogens is 1. The van der Waals surface area contributed by atoms with Gasteiger partial charge in [0.15, 0.2) is 0 Å². The maximum Gasteiger partial charge on any atom is 0.273 e. The topological polar surface area (TPSA) is 69.6 Å². The SMILES string of the molecule is Cc1ccc(-c2cn3cc(C(=O)NC4(c5ccc(F)cc5)CN(C)C4)c(C4CC4)c3c(=O)[nH]2)cc1C. The van der Waals surface area contributed by atoms with Crippen molar-refractivity contribution in [2.24, 2.45) is 0 Å². The molecule has 3 heterocycles. The van der Waals surface area contributed by atoms with E-state index in [-0.39, 0.29) is 23.2 Å². The van der Waals surface area contributed by atoms with E-state index < -0.39 is 5.54 Å². The van der Waals surface area contributed by atoms with Gasteiger partial charge in [0.2, 0.25) is 0 Å². The molecule has 0 atom stereocenters. The summed E-state index contributed by atoms with van der Waals surface area (Å²) in [5.41, 5.74) is 5.97. The zero-order valence-electron chi connectivity index (χ0n) is 20.7. The minimum atomic E-state index is -0.592. The fraction of sp³-hybridized carbons (Fsp3) is 0.310. The average Bonchev–Trinajstić information content (AvgIpc) is 3.59. The molecule has 1 aliphatic heterocycles. The van der Waals surface area contributed by atoms with E-state index in [1.165, 1.54) is 17.7 Å². The van der Waals surface area contributed by atoms with E-state index in [9.17, 15) is 14.0 Å². The first-order chi connectivity index (χ1) is 17.2. The maximum atomic E-state index is 13.7. The maximum absolute atomic E-state index is 13.7. The van der Waals surface area contributed by atoms with Crippen molar-refractivity contribution in [3.05, 3.63) is 98.8 Å². The first kappa shape index (κ1) is 22.7. The van der Waals surface area contributed by atoms with Gasteiger partial charge in [-0.05, 0) is 85.7 Å². The zero-order valence-corrected chi connectivity index (χ0v) is 20.7. The summed E-state index contributed by atoms with van der Waals surface area (Å²) in [6.45, 7) is 5.37. The number of aryl methyl sites for hydroxylation is 2. The van der Waals surface area contributed by atoms with Gasteiger partial charge in [-0.25, -0.2) is 4.39 Å². The second-order valence-electron chi connectivity index (χ2n) is 10.5. The Morgan fingerprint density at radius 3 is 2.42 bits per heavy atom. The number of likely N-dealkylation sites (N-methyl/N-ethyl adjacent to an activating group) is 1. The molecule has 2 aliphatic rings. The van der Waals surface area contributed by atoms with Gasteiger partial charge in [0.1, 0.15) is 11.3 Å². The third kappa shape index (κ3) is 3.75. The molecule has 2 aromatic carbocycles. The van der Waals surface area contributed by atoms with Crippen molar-refractivity contribution < 1.29 is 9.18 Å². The number of halogens is 1. The minimum absolute atomic E-state index is 0.191. The Kier molecular flexibility index (Phi) is 5.16. The van der Waals surface area contributed by atoms with Crippen LogP contribution >= 0.6 is 0 Å². The molecule has 6 nitrogen and oxygen atoms in total. The van der Waals surface area contributed by atoms with Gasteiger partial charge in [-0.1, -0.05) is 24.3 Å². The molecule has 36 heavy (non-hydrogen) atoms. The van der Waals surface area contributed by atoms with Crippen LogP contribution in [0, 0.1) is 19.7 Å². The Morgan fingerprint density at radius 2 is 1.78 bits per heavy atom. The van der Waals surface area contributed by atoms with Crippen molar-refractivity contribution in [1.82, 2.24) is 19.6 Å². The van der Waals surface area contributed by atoms with Crippen molar-refractivity contribution in [3.63, 3.8) is 0 Å². The highest BCUT2D eigenvalue weighted by atomic mass is 19.1. The van der Waals surface area contributed by atoms with Gasteiger partial charge >= 0.3 is 0 Å². The van der Waals surface area contributed by atoms with Crippen LogP contribution < -0.4 is 10.9 Å². The second-order valence-corrected chi connectivity index (χ2v) is 10.5. The van der Waals surface area contributed by atoms with Crippen molar-refractivity contribution in [2.75, 3.05) is 20.1 Å². The Balaban J connectivity index is 1.42. The predicted octanol–water partition coefficient (Wildman–Crippen LogP) is 4.50. The molecule has 0 radical (unpaired) electrons. The number of carbonyl (C=O) groups excluding carboxylic acids is 1. The van der Waals surface area contributed by atoms with Crippen LogP contribution in [0.2, 0.25) is 0 Å². The van der Waals surface area contributed by atoms with E-state index in [2.05, 4.69) is 28.2 Å². The van der Waals surface area contributed by atoms with Gasteiger partial charge in [-0.2, -0.15) is 0 Å². The first-order valence-electron chi connectivity index (χ1n) is 12.4. The number of nitrogens with one attached hydrogen (secondary N) is 2. The smallest absolute Gasteiger partial charge is 0.273 e. The summed E-state index contributed by atoms with van der Waals surface area (Å²) in [5, 5.41) is 3.25. The molecule has 7 heteroatoms. The Labute approximate surface area is 208 Å². The summed E-state index contributed by atoms with van der Waals surface area (Å²) in [4.78, 5) is 32.2.